The second kappa shape index (κ2) is 8.14. The molecule has 0 saturated carbocycles. The van der Waals surface area contributed by atoms with Crippen LogP contribution in [0.5, 0.6) is 5.88 Å². The lowest BCUT2D eigenvalue weighted by molar-refractivity contribution is 0.102. The van der Waals surface area contributed by atoms with E-state index in [0.717, 1.165) is 21.8 Å². The molecule has 4 rings (SSSR count). The van der Waals surface area contributed by atoms with Gasteiger partial charge in [0.15, 0.2) is 5.16 Å². The zero-order chi connectivity index (χ0) is 19.3. The third-order valence-electron chi connectivity index (χ3n) is 4.20. The summed E-state index contributed by atoms with van der Waals surface area (Å²) in [5.41, 5.74) is 4.12. The number of rotatable bonds is 6. The number of methoxy groups -OCH3 is 1. The summed E-state index contributed by atoms with van der Waals surface area (Å²) in [5.74, 6) is 0.956. The van der Waals surface area contributed by atoms with Crippen LogP contribution < -0.4 is 10.1 Å². The number of aromatic amines is 1. The Morgan fingerprint density at radius 3 is 2.71 bits per heavy atom. The minimum Gasteiger partial charge on any atom is -0.481 e. The number of benzene rings is 2. The summed E-state index contributed by atoms with van der Waals surface area (Å²) in [6.07, 6.45) is 1.57. The van der Waals surface area contributed by atoms with Crippen LogP contribution in [0.4, 0.5) is 5.69 Å². The number of aromatic nitrogens is 3. The van der Waals surface area contributed by atoms with E-state index in [2.05, 4.69) is 20.3 Å². The molecule has 0 fully saturated rings. The summed E-state index contributed by atoms with van der Waals surface area (Å²) >= 11 is 1.57. The van der Waals surface area contributed by atoms with Crippen LogP contribution in [0, 0.1) is 0 Å². The van der Waals surface area contributed by atoms with Crippen LogP contribution in [-0.2, 0) is 5.75 Å². The molecule has 0 radical (unpaired) electrons. The number of thioether (sulfide) groups is 1. The second-order valence-corrected chi connectivity index (χ2v) is 7.01. The Bertz CT molecular complexity index is 1080. The molecule has 0 saturated heterocycles. The van der Waals surface area contributed by atoms with Crippen LogP contribution in [0.25, 0.3) is 11.0 Å². The summed E-state index contributed by atoms with van der Waals surface area (Å²) in [4.78, 5) is 24.7. The lowest BCUT2D eigenvalue weighted by Crippen LogP contribution is -2.14. The fourth-order valence-electron chi connectivity index (χ4n) is 2.78. The summed E-state index contributed by atoms with van der Waals surface area (Å²) in [6.45, 7) is 0. The molecule has 0 bridgehead atoms. The van der Waals surface area contributed by atoms with E-state index in [0.29, 0.717) is 22.9 Å². The van der Waals surface area contributed by atoms with E-state index in [1.54, 1.807) is 37.2 Å². The Kier molecular flexibility index (Phi) is 5.25. The molecule has 2 aromatic heterocycles. The maximum absolute atomic E-state index is 12.7. The summed E-state index contributed by atoms with van der Waals surface area (Å²) in [5, 5.41) is 3.71. The summed E-state index contributed by atoms with van der Waals surface area (Å²) in [6, 6.07) is 18.9. The number of imidazole rings is 1. The highest BCUT2D eigenvalue weighted by atomic mass is 32.2. The molecule has 0 spiro atoms. The van der Waals surface area contributed by atoms with E-state index >= 15 is 0 Å². The molecule has 0 aliphatic rings. The van der Waals surface area contributed by atoms with Gasteiger partial charge in [-0.2, -0.15) is 0 Å². The molecule has 2 heterocycles. The highest BCUT2D eigenvalue weighted by Gasteiger charge is 2.13. The molecule has 140 valence electrons. The Balaban J connectivity index is 1.48. The SMILES string of the molecule is COc1ccc(NC(=O)c2ccccc2CSc2nc3ccccc3[nH]2)cn1. The van der Waals surface area contributed by atoms with Crippen molar-refractivity contribution in [2.24, 2.45) is 0 Å². The highest BCUT2D eigenvalue weighted by molar-refractivity contribution is 7.98. The number of hydrogen-bond acceptors (Lipinski definition) is 5. The van der Waals surface area contributed by atoms with E-state index in [4.69, 9.17) is 4.74 Å². The molecular formula is C21H18N4O2S. The molecule has 28 heavy (non-hydrogen) atoms. The van der Waals surface area contributed by atoms with Gasteiger partial charge in [0.25, 0.3) is 5.91 Å². The maximum atomic E-state index is 12.7. The monoisotopic (exact) mass is 390 g/mol. The fraction of sp³-hybridized carbons (Fsp3) is 0.0952. The number of para-hydroxylation sites is 2. The third-order valence-corrected chi connectivity index (χ3v) is 5.12. The number of fused-ring (bicyclic) bond motifs is 1. The highest BCUT2D eigenvalue weighted by Crippen LogP contribution is 2.25. The Morgan fingerprint density at radius 2 is 1.93 bits per heavy atom. The van der Waals surface area contributed by atoms with Crippen LogP contribution in [-0.4, -0.2) is 28.0 Å². The van der Waals surface area contributed by atoms with Crippen molar-refractivity contribution < 1.29 is 9.53 Å². The average molecular weight is 390 g/mol. The predicted octanol–water partition coefficient (Wildman–Crippen LogP) is 4.51. The zero-order valence-corrected chi connectivity index (χ0v) is 16.0. The second-order valence-electron chi connectivity index (χ2n) is 6.05. The van der Waals surface area contributed by atoms with Gasteiger partial charge in [-0.3, -0.25) is 4.79 Å². The van der Waals surface area contributed by atoms with Gasteiger partial charge in [-0.1, -0.05) is 42.1 Å². The molecule has 4 aromatic rings. The molecule has 0 unspecified atom stereocenters. The first-order chi connectivity index (χ1) is 13.7. The standard InChI is InChI=1S/C21H18N4O2S/c1-27-19-11-10-15(12-22-19)23-20(26)16-7-3-2-6-14(16)13-28-21-24-17-8-4-5-9-18(17)25-21/h2-12H,13H2,1H3,(H,23,26)(H,24,25). The van der Waals surface area contributed by atoms with E-state index in [9.17, 15) is 4.79 Å². The van der Waals surface area contributed by atoms with Crippen molar-refractivity contribution >= 4 is 34.4 Å². The van der Waals surface area contributed by atoms with Crippen molar-refractivity contribution in [1.29, 1.82) is 0 Å². The van der Waals surface area contributed by atoms with Crippen LogP contribution >= 0.6 is 11.8 Å². The van der Waals surface area contributed by atoms with Crippen molar-refractivity contribution in [3.05, 3.63) is 78.0 Å². The molecule has 6 nitrogen and oxygen atoms in total. The number of H-pyrrole nitrogens is 1. The number of nitrogens with one attached hydrogen (secondary N) is 2. The number of amides is 1. The molecule has 0 atom stereocenters. The van der Waals surface area contributed by atoms with E-state index in [-0.39, 0.29) is 5.91 Å². The molecular weight excluding hydrogens is 372 g/mol. The maximum Gasteiger partial charge on any atom is 0.256 e. The zero-order valence-electron chi connectivity index (χ0n) is 15.2. The minimum absolute atomic E-state index is 0.173. The van der Waals surface area contributed by atoms with Gasteiger partial charge in [0.05, 0.1) is 30.0 Å². The van der Waals surface area contributed by atoms with Crippen LogP contribution in [0.1, 0.15) is 15.9 Å². The van der Waals surface area contributed by atoms with Gasteiger partial charge >= 0.3 is 0 Å². The van der Waals surface area contributed by atoms with Gasteiger partial charge in [-0.25, -0.2) is 9.97 Å². The first-order valence-corrected chi connectivity index (χ1v) is 9.68. The Morgan fingerprint density at radius 1 is 1.11 bits per heavy atom. The van der Waals surface area contributed by atoms with Gasteiger partial charge in [-0.05, 0) is 29.8 Å². The summed E-state index contributed by atoms with van der Waals surface area (Å²) in [7, 11) is 1.55. The number of ether oxygens (including phenoxy) is 1. The lowest BCUT2D eigenvalue weighted by atomic mass is 10.1. The third kappa shape index (κ3) is 3.99. The quantitative estimate of drug-likeness (QED) is 0.474. The Labute approximate surface area is 166 Å². The first kappa shape index (κ1) is 18.1. The van der Waals surface area contributed by atoms with Crippen molar-refractivity contribution in [3.63, 3.8) is 0 Å². The smallest absolute Gasteiger partial charge is 0.256 e. The number of carbonyl (C=O) groups excluding carboxylic acids is 1. The predicted molar refractivity (Wildman–Crippen MR) is 111 cm³/mol. The number of pyridine rings is 1. The molecule has 0 aliphatic heterocycles. The molecule has 0 aliphatic carbocycles. The van der Waals surface area contributed by atoms with E-state index < -0.39 is 0 Å². The largest absolute Gasteiger partial charge is 0.481 e. The first-order valence-electron chi connectivity index (χ1n) is 8.70. The molecule has 2 N–H and O–H groups in total. The van der Waals surface area contributed by atoms with E-state index in [1.807, 2.05) is 48.5 Å². The van der Waals surface area contributed by atoms with Crippen LogP contribution in [0.3, 0.4) is 0 Å². The molecule has 2 aromatic carbocycles. The Hall–Kier alpha value is -3.32. The lowest BCUT2D eigenvalue weighted by Gasteiger charge is -2.10. The fourth-order valence-corrected chi connectivity index (χ4v) is 3.67. The van der Waals surface area contributed by atoms with Crippen LogP contribution in [0.2, 0.25) is 0 Å². The average Bonchev–Trinajstić information content (AvgIpc) is 3.16. The normalized spacial score (nSPS) is 10.8. The van der Waals surface area contributed by atoms with Crippen molar-refractivity contribution in [2.75, 3.05) is 12.4 Å². The number of anilines is 1. The van der Waals surface area contributed by atoms with Gasteiger partial charge in [0.1, 0.15) is 0 Å². The van der Waals surface area contributed by atoms with Gasteiger partial charge in [0, 0.05) is 17.4 Å². The summed E-state index contributed by atoms with van der Waals surface area (Å²) < 4.78 is 5.04. The minimum atomic E-state index is -0.173. The molecule has 1 amide bonds. The van der Waals surface area contributed by atoms with Crippen molar-refractivity contribution in [1.82, 2.24) is 15.0 Å². The van der Waals surface area contributed by atoms with Crippen molar-refractivity contribution in [2.45, 2.75) is 10.9 Å². The van der Waals surface area contributed by atoms with Crippen LogP contribution in [0.15, 0.2) is 72.0 Å². The van der Waals surface area contributed by atoms with Crippen molar-refractivity contribution in [3.8, 4) is 5.88 Å². The van der Waals surface area contributed by atoms with Gasteiger partial charge in [-0.15, -0.1) is 0 Å². The van der Waals surface area contributed by atoms with Gasteiger partial charge in [0.2, 0.25) is 5.88 Å². The topological polar surface area (TPSA) is 79.9 Å². The number of carbonyl (C=O) groups is 1. The molecule has 7 heteroatoms. The van der Waals surface area contributed by atoms with E-state index in [1.165, 1.54) is 0 Å². The van der Waals surface area contributed by atoms with Gasteiger partial charge < -0.3 is 15.0 Å². The number of nitrogens with zero attached hydrogens (tertiary/aromatic N) is 2. The number of hydrogen-bond donors (Lipinski definition) is 2.